The van der Waals surface area contributed by atoms with Gasteiger partial charge < -0.3 is 0 Å². The Balaban J connectivity index is 1.97. The van der Waals surface area contributed by atoms with Gasteiger partial charge in [-0.3, -0.25) is 0 Å². The van der Waals surface area contributed by atoms with Gasteiger partial charge in [-0.25, -0.2) is 17.2 Å². The predicted octanol–water partition coefficient (Wildman–Crippen LogP) is 8.27. The first-order chi connectivity index (χ1) is 15.6. The minimum absolute atomic E-state index is 0.0488. The molecule has 0 spiro atoms. The lowest BCUT2D eigenvalue weighted by atomic mass is 10.0. The van der Waals surface area contributed by atoms with Crippen molar-refractivity contribution in [2.75, 3.05) is 0 Å². The first-order valence-corrected chi connectivity index (χ1v) is 13.0. The third kappa shape index (κ3) is 4.67. The van der Waals surface area contributed by atoms with E-state index in [-0.39, 0.29) is 20.9 Å². The second-order valence-electron chi connectivity index (χ2n) is 7.71. The van der Waals surface area contributed by atoms with Crippen molar-refractivity contribution in [1.82, 2.24) is 0 Å². The van der Waals surface area contributed by atoms with E-state index < -0.39 is 21.5 Å². The predicted molar refractivity (Wildman–Crippen MR) is 134 cm³/mol. The summed E-state index contributed by atoms with van der Waals surface area (Å²) in [6.45, 7) is 3.74. The minimum Gasteiger partial charge on any atom is -0.218 e. The summed E-state index contributed by atoms with van der Waals surface area (Å²) in [5.74, 6) is -1.10. The van der Waals surface area contributed by atoms with Crippen LogP contribution >= 0.6 is 31.9 Å². The topological polar surface area (TPSA) is 34.1 Å². The van der Waals surface area contributed by atoms with Crippen LogP contribution in [0.25, 0.3) is 22.3 Å². The Morgan fingerprint density at radius 3 is 1.36 bits per heavy atom. The molecule has 0 atom stereocenters. The zero-order valence-electron chi connectivity index (χ0n) is 17.7. The lowest BCUT2D eigenvalue weighted by Crippen LogP contribution is -2.07. The molecule has 0 unspecified atom stereocenters. The van der Waals surface area contributed by atoms with Crippen LogP contribution in [0.5, 0.6) is 0 Å². The maximum atomic E-state index is 14.2. The first kappa shape index (κ1) is 23.8. The minimum atomic E-state index is -4.13. The van der Waals surface area contributed by atoms with Crippen LogP contribution in [0.2, 0.25) is 0 Å². The number of sulfone groups is 1. The Hall–Kier alpha value is -2.35. The van der Waals surface area contributed by atoms with Crippen molar-refractivity contribution in [3.63, 3.8) is 0 Å². The van der Waals surface area contributed by atoms with Crippen LogP contribution in [-0.2, 0) is 9.84 Å². The highest BCUT2D eigenvalue weighted by Crippen LogP contribution is 2.38. The summed E-state index contributed by atoms with van der Waals surface area (Å²) in [4.78, 5) is -0.0976. The average molecular weight is 592 g/mol. The molecule has 0 fully saturated rings. The third-order valence-corrected chi connectivity index (χ3v) is 9.05. The van der Waals surface area contributed by atoms with Crippen LogP contribution in [0.3, 0.4) is 0 Å². The van der Waals surface area contributed by atoms with E-state index in [1.54, 1.807) is 36.4 Å². The van der Waals surface area contributed by atoms with Crippen molar-refractivity contribution in [2.24, 2.45) is 0 Å². The van der Waals surface area contributed by atoms with Gasteiger partial charge in [-0.2, -0.15) is 0 Å². The zero-order valence-corrected chi connectivity index (χ0v) is 21.7. The van der Waals surface area contributed by atoms with E-state index in [1.165, 1.54) is 24.3 Å². The average Bonchev–Trinajstić information content (AvgIpc) is 2.77. The van der Waals surface area contributed by atoms with E-state index in [0.717, 1.165) is 32.2 Å². The van der Waals surface area contributed by atoms with Gasteiger partial charge in [0, 0.05) is 20.1 Å². The van der Waals surface area contributed by atoms with Crippen LogP contribution in [0.15, 0.2) is 91.5 Å². The number of halogens is 4. The number of hydrogen-bond donors (Lipinski definition) is 0. The molecule has 0 aromatic heterocycles. The Bertz CT molecular complexity index is 1390. The molecule has 0 N–H and O–H groups in total. The molecule has 0 saturated heterocycles. The third-order valence-electron chi connectivity index (χ3n) is 5.40. The van der Waals surface area contributed by atoms with Crippen LogP contribution in [0.1, 0.15) is 11.1 Å². The molecule has 0 aliphatic heterocycles. The van der Waals surface area contributed by atoms with Crippen molar-refractivity contribution in [1.29, 1.82) is 0 Å². The van der Waals surface area contributed by atoms with Gasteiger partial charge in [-0.05, 0) is 84.6 Å². The Labute approximate surface area is 208 Å². The summed E-state index contributed by atoms with van der Waals surface area (Å²) in [5, 5.41) is 0. The molecule has 4 rings (SSSR count). The second kappa shape index (κ2) is 9.12. The van der Waals surface area contributed by atoms with Crippen LogP contribution in [-0.4, -0.2) is 8.42 Å². The summed E-state index contributed by atoms with van der Waals surface area (Å²) >= 11 is 6.87. The summed E-state index contributed by atoms with van der Waals surface area (Å²) in [7, 11) is -4.13. The molecule has 7 heteroatoms. The van der Waals surface area contributed by atoms with Crippen LogP contribution in [0, 0.1) is 25.5 Å². The molecule has 0 aliphatic carbocycles. The SMILES string of the molecule is Cc1cc(-c2cc(F)ccc2S(=O)(=O)c2ccc(F)cc2-c2ccc(Br)c(C)c2)ccc1Br. The molecule has 0 bridgehead atoms. The normalized spacial score (nSPS) is 11.6. The molecule has 0 heterocycles. The van der Waals surface area contributed by atoms with E-state index in [9.17, 15) is 17.2 Å². The summed E-state index contributed by atoms with van der Waals surface area (Å²) in [5.41, 5.74) is 3.38. The largest absolute Gasteiger partial charge is 0.218 e. The fourth-order valence-electron chi connectivity index (χ4n) is 3.67. The van der Waals surface area contributed by atoms with Crippen LogP contribution < -0.4 is 0 Å². The number of aryl methyl sites for hydroxylation is 2. The van der Waals surface area contributed by atoms with Gasteiger partial charge in [0.2, 0.25) is 9.84 Å². The number of hydrogen-bond acceptors (Lipinski definition) is 2. The van der Waals surface area contributed by atoms with E-state index in [0.29, 0.717) is 11.1 Å². The van der Waals surface area contributed by atoms with Gasteiger partial charge in [0.05, 0.1) is 9.79 Å². The molecule has 4 aromatic carbocycles. The molecule has 0 radical (unpaired) electrons. The fourth-order valence-corrected chi connectivity index (χ4v) is 5.82. The van der Waals surface area contributed by atoms with E-state index in [1.807, 2.05) is 13.8 Å². The van der Waals surface area contributed by atoms with E-state index in [2.05, 4.69) is 31.9 Å². The van der Waals surface area contributed by atoms with Crippen LogP contribution in [0.4, 0.5) is 8.78 Å². The summed E-state index contributed by atoms with van der Waals surface area (Å²) in [6.07, 6.45) is 0. The highest BCUT2D eigenvalue weighted by atomic mass is 79.9. The zero-order chi connectivity index (χ0) is 23.9. The van der Waals surface area contributed by atoms with Gasteiger partial charge in [0.25, 0.3) is 0 Å². The molecule has 168 valence electrons. The summed E-state index contributed by atoms with van der Waals surface area (Å²) in [6, 6.07) is 17.8. The number of benzene rings is 4. The van der Waals surface area contributed by atoms with Gasteiger partial charge in [0.15, 0.2) is 0 Å². The molecule has 2 nitrogen and oxygen atoms in total. The highest BCUT2D eigenvalue weighted by Gasteiger charge is 2.26. The standard InChI is InChI=1S/C26H18Br2F2O2S/c1-15-11-17(3-7-23(15)27)21-13-19(29)5-9-25(21)33(31,32)26-10-6-20(30)14-22(26)18-4-8-24(28)16(2)12-18/h3-14H,1-2H3. The Morgan fingerprint density at radius 2 is 1.00 bits per heavy atom. The maximum Gasteiger partial charge on any atom is 0.207 e. The van der Waals surface area contributed by atoms with Crippen molar-refractivity contribution in [3.05, 3.63) is 105 Å². The molecule has 0 saturated carbocycles. The second-order valence-corrected chi connectivity index (χ2v) is 11.3. The summed E-state index contributed by atoms with van der Waals surface area (Å²) < 4.78 is 57.9. The van der Waals surface area contributed by atoms with E-state index >= 15 is 0 Å². The lowest BCUT2D eigenvalue weighted by molar-refractivity contribution is 0.594. The van der Waals surface area contributed by atoms with Gasteiger partial charge in [0.1, 0.15) is 11.6 Å². The maximum absolute atomic E-state index is 14.2. The fraction of sp³-hybridized carbons (Fsp3) is 0.0769. The Kier molecular flexibility index (Phi) is 6.58. The molecule has 0 aliphatic rings. The first-order valence-electron chi connectivity index (χ1n) is 9.95. The smallest absolute Gasteiger partial charge is 0.207 e. The quantitative estimate of drug-likeness (QED) is 0.224. The van der Waals surface area contributed by atoms with Gasteiger partial charge >= 0.3 is 0 Å². The van der Waals surface area contributed by atoms with Crippen molar-refractivity contribution in [3.8, 4) is 22.3 Å². The highest BCUT2D eigenvalue weighted by molar-refractivity contribution is 9.10. The monoisotopic (exact) mass is 590 g/mol. The molecule has 33 heavy (non-hydrogen) atoms. The molecule has 4 aromatic rings. The van der Waals surface area contributed by atoms with Crippen molar-refractivity contribution >= 4 is 41.7 Å². The van der Waals surface area contributed by atoms with Gasteiger partial charge in [-0.1, -0.05) is 56.1 Å². The lowest BCUT2D eigenvalue weighted by Gasteiger charge is -2.16. The Morgan fingerprint density at radius 1 is 0.606 bits per heavy atom. The molecule has 0 amide bonds. The molecular formula is C26H18Br2F2O2S. The molecular weight excluding hydrogens is 574 g/mol. The van der Waals surface area contributed by atoms with Crippen molar-refractivity contribution in [2.45, 2.75) is 23.6 Å². The number of rotatable bonds is 4. The van der Waals surface area contributed by atoms with E-state index in [4.69, 9.17) is 0 Å². The van der Waals surface area contributed by atoms with Crippen molar-refractivity contribution < 1.29 is 17.2 Å². The van der Waals surface area contributed by atoms with Gasteiger partial charge in [-0.15, -0.1) is 0 Å².